The zero-order valence-corrected chi connectivity index (χ0v) is 18.3. The Morgan fingerprint density at radius 1 is 1.00 bits per heavy atom. The molecule has 5 heteroatoms. The first-order chi connectivity index (χ1) is 14.5. The van der Waals surface area contributed by atoms with Crippen molar-refractivity contribution in [2.75, 3.05) is 5.32 Å². The van der Waals surface area contributed by atoms with Gasteiger partial charge in [-0.2, -0.15) is 0 Å². The van der Waals surface area contributed by atoms with E-state index in [0.717, 1.165) is 22.0 Å². The lowest BCUT2D eigenvalue weighted by molar-refractivity contribution is -0.122. The number of nitrogens with one attached hydrogen (secondary N) is 2. The van der Waals surface area contributed by atoms with Gasteiger partial charge < -0.3 is 10.6 Å². The zero-order chi connectivity index (χ0) is 21.1. The molecular weight excluding hydrogens is 440 g/mol. The first-order valence-electron chi connectivity index (χ1n) is 10.00. The van der Waals surface area contributed by atoms with E-state index in [0.29, 0.717) is 23.7 Å². The van der Waals surface area contributed by atoms with Crippen LogP contribution < -0.4 is 10.6 Å². The summed E-state index contributed by atoms with van der Waals surface area (Å²) in [5.41, 5.74) is 4.60. The molecule has 3 aromatic carbocycles. The second kappa shape index (κ2) is 8.84. The molecule has 2 N–H and O–H groups in total. The Morgan fingerprint density at radius 2 is 1.73 bits per heavy atom. The minimum atomic E-state index is -0.147. The molecule has 152 valence electrons. The van der Waals surface area contributed by atoms with Gasteiger partial charge in [0.05, 0.1) is 0 Å². The number of amides is 2. The largest absolute Gasteiger partial charge is 0.352 e. The predicted octanol–water partition coefficient (Wildman–Crippen LogP) is 5.43. The lowest BCUT2D eigenvalue weighted by Gasteiger charge is -2.09. The zero-order valence-electron chi connectivity index (χ0n) is 16.7. The molecule has 0 spiro atoms. The van der Waals surface area contributed by atoms with Crippen LogP contribution in [0.3, 0.4) is 0 Å². The molecular formula is C25H23BrN2O2. The molecule has 4 nitrogen and oxygen atoms in total. The lowest BCUT2D eigenvalue weighted by Crippen LogP contribution is -2.25. The summed E-state index contributed by atoms with van der Waals surface area (Å²) in [6, 6.07) is 23.2. The number of hydrogen-bond acceptors (Lipinski definition) is 2. The fourth-order valence-corrected chi connectivity index (χ4v) is 3.81. The summed E-state index contributed by atoms with van der Waals surface area (Å²) in [6.07, 6.45) is 0.889. The second-order valence-corrected chi connectivity index (χ2v) is 8.65. The van der Waals surface area contributed by atoms with Crippen LogP contribution in [0.25, 0.3) is 0 Å². The Hall–Kier alpha value is -2.92. The first-order valence-corrected chi connectivity index (χ1v) is 10.8. The summed E-state index contributed by atoms with van der Waals surface area (Å²) in [7, 11) is 0. The molecule has 1 fully saturated rings. The van der Waals surface area contributed by atoms with Crippen LogP contribution >= 0.6 is 15.9 Å². The third-order valence-electron chi connectivity index (χ3n) is 5.39. The molecule has 2 unspecified atom stereocenters. The SMILES string of the molecule is Cc1ccc(C(=O)Nc2cccc(CNC(=O)C3CC3c3ccc(Br)cc3)c2)cc1. The Morgan fingerprint density at radius 3 is 2.47 bits per heavy atom. The minimum absolute atomic E-state index is 0.0376. The van der Waals surface area contributed by atoms with Gasteiger partial charge in [0, 0.05) is 28.2 Å². The van der Waals surface area contributed by atoms with Crippen molar-refractivity contribution in [3.8, 4) is 0 Å². The van der Waals surface area contributed by atoms with Crippen molar-refractivity contribution in [2.45, 2.75) is 25.8 Å². The number of anilines is 1. The highest BCUT2D eigenvalue weighted by molar-refractivity contribution is 9.10. The van der Waals surface area contributed by atoms with E-state index in [1.165, 1.54) is 5.56 Å². The van der Waals surface area contributed by atoms with E-state index >= 15 is 0 Å². The van der Waals surface area contributed by atoms with Gasteiger partial charge in [-0.1, -0.05) is 57.9 Å². The van der Waals surface area contributed by atoms with Gasteiger partial charge in [0.1, 0.15) is 0 Å². The van der Waals surface area contributed by atoms with Crippen molar-refractivity contribution < 1.29 is 9.59 Å². The normalized spacial score (nSPS) is 17.3. The molecule has 0 bridgehead atoms. The van der Waals surface area contributed by atoms with Crippen LogP contribution in [0.5, 0.6) is 0 Å². The van der Waals surface area contributed by atoms with Crippen LogP contribution in [0.1, 0.15) is 39.4 Å². The summed E-state index contributed by atoms with van der Waals surface area (Å²) >= 11 is 3.44. The molecule has 1 aliphatic carbocycles. The van der Waals surface area contributed by atoms with Crippen molar-refractivity contribution in [1.29, 1.82) is 0 Å². The van der Waals surface area contributed by atoms with Gasteiger partial charge in [0.25, 0.3) is 5.91 Å². The summed E-state index contributed by atoms with van der Waals surface area (Å²) in [5.74, 6) is 0.275. The third-order valence-corrected chi connectivity index (χ3v) is 5.92. The molecule has 0 radical (unpaired) electrons. The van der Waals surface area contributed by atoms with Crippen LogP contribution in [0.4, 0.5) is 5.69 Å². The number of benzene rings is 3. The molecule has 30 heavy (non-hydrogen) atoms. The number of carbonyl (C=O) groups excluding carboxylic acids is 2. The highest BCUT2D eigenvalue weighted by Gasteiger charge is 2.43. The molecule has 1 aliphatic rings. The molecule has 3 aromatic rings. The number of halogens is 1. The summed E-state index contributed by atoms with van der Waals surface area (Å²) < 4.78 is 1.04. The van der Waals surface area contributed by atoms with Crippen molar-refractivity contribution in [3.63, 3.8) is 0 Å². The quantitative estimate of drug-likeness (QED) is 0.512. The topological polar surface area (TPSA) is 58.2 Å². The highest BCUT2D eigenvalue weighted by atomic mass is 79.9. The molecule has 0 saturated heterocycles. The molecule has 0 aromatic heterocycles. The van der Waals surface area contributed by atoms with E-state index in [4.69, 9.17) is 0 Å². The van der Waals surface area contributed by atoms with Gasteiger partial charge in [-0.15, -0.1) is 0 Å². The number of hydrogen-bond donors (Lipinski definition) is 2. The lowest BCUT2D eigenvalue weighted by atomic mass is 10.1. The van der Waals surface area contributed by atoms with Crippen molar-refractivity contribution >= 4 is 33.4 Å². The van der Waals surface area contributed by atoms with Gasteiger partial charge in [-0.3, -0.25) is 9.59 Å². The van der Waals surface area contributed by atoms with Crippen LogP contribution in [-0.2, 0) is 11.3 Å². The predicted molar refractivity (Wildman–Crippen MR) is 122 cm³/mol. The molecule has 2 atom stereocenters. The van der Waals surface area contributed by atoms with Gasteiger partial charge in [0.15, 0.2) is 0 Å². The van der Waals surface area contributed by atoms with Gasteiger partial charge in [0.2, 0.25) is 5.91 Å². The Kier molecular flexibility index (Phi) is 6.00. The minimum Gasteiger partial charge on any atom is -0.352 e. The average Bonchev–Trinajstić information content (AvgIpc) is 3.54. The molecule has 0 heterocycles. The van der Waals surface area contributed by atoms with Crippen molar-refractivity contribution in [3.05, 3.63) is 99.5 Å². The fourth-order valence-electron chi connectivity index (χ4n) is 3.55. The van der Waals surface area contributed by atoms with Gasteiger partial charge in [-0.25, -0.2) is 0 Å². The van der Waals surface area contributed by atoms with Crippen molar-refractivity contribution in [1.82, 2.24) is 5.32 Å². The van der Waals surface area contributed by atoms with E-state index in [2.05, 4.69) is 38.7 Å². The average molecular weight is 463 g/mol. The van der Waals surface area contributed by atoms with Crippen molar-refractivity contribution in [2.24, 2.45) is 5.92 Å². The summed E-state index contributed by atoms with van der Waals surface area (Å²) in [4.78, 5) is 24.9. The highest BCUT2D eigenvalue weighted by Crippen LogP contribution is 2.47. The number of aryl methyl sites for hydroxylation is 1. The first kappa shape index (κ1) is 20.4. The summed E-state index contributed by atoms with van der Waals surface area (Å²) in [5, 5.41) is 5.95. The maximum absolute atomic E-state index is 12.5. The fraction of sp³-hybridized carbons (Fsp3) is 0.200. The standard InChI is InChI=1S/C25H23BrN2O2/c1-16-5-7-19(8-6-16)24(29)28-21-4-2-3-17(13-21)15-27-25(30)23-14-22(23)18-9-11-20(26)12-10-18/h2-13,22-23H,14-15H2,1H3,(H,27,30)(H,28,29). The molecule has 1 saturated carbocycles. The van der Waals surface area contributed by atoms with E-state index in [1.807, 2.05) is 67.6 Å². The molecule has 0 aliphatic heterocycles. The van der Waals surface area contributed by atoms with Crippen LogP contribution in [-0.4, -0.2) is 11.8 Å². The van der Waals surface area contributed by atoms with E-state index in [-0.39, 0.29) is 17.7 Å². The smallest absolute Gasteiger partial charge is 0.255 e. The second-order valence-electron chi connectivity index (χ2n) is 7.74. The van der Waals surface area contributed by atoms with E-state index < -0.39 is 0 Å². The maximum atomic E-state index is 12.5. The molecule has 2 amide bonds. The summed E-state index contributed by atoms with van der Waals surface area (Å²) in [6.45, 7) is 2.43. The number of carbonyl (C=O) groups is 2. The third kappa shape index (κ3) is 4.97. The van der Waals surface area contributed by atoms with Gasteiger partial charge in [-0.05, 0) is 66.8 Å². The maximum Gasteiger partial charge on any atom is 0.255 e. The number of rotatable bonds is 6. The van der Waals surface area contributed by atoms with E-state index in [1.54, 1.807) is 0 Å². The van der Waals surface area contributed by atoms with Crippen LogP contribution in [0, 0.1) is 12.8 Å². The Balaban J connectivity index is 1.31. The monoisotopic (exact) mass is 462 g/mol. The Bertz CT molecular complexity index is 1060. The Labute approximate surface area is 184 Å². The molecule has 4 rings (SSSR count). The van der Waals surface area contributed by atoms with Crippen LogP contribution in [0.15, 0.2) is 77.3 Å². The van der Waals surface area contributed by atoms with Gasteiger partial charge >= 0.3 is 0 Å². The van der Waals surface area contributed by atoms with Crippen LogP contribution in [0.2, 0.25) is 0 Å². The van der Waals surface area contributed by atoms with E-state index in [9.17, 15) is 9.59 Å².